The summed E-state index contributed by atoms with van der Waals surface area (Å²) in [6.45, 7) is 6.78. The van der Waals surface area contributed by atoms with Crippen LogP contribution in [0.4, 0.5) is 0 Å². The molecule has 0 radical (unpaired) electrons. The van der Waals surface area contributed by atoms with Gasteiger partial charge in [0.2, 0.25) is 5.91 Å². The molecule has 3 rings (SSSR count). The molecular weight excluding hydrogens is 478 g/mol. The van der Waals surface area contributed by atoms with Crippen molar-refractivity contribution in [2.24, 2.45) is 5.10 Å². The van der Waals surface area contributed by atoms with Crippen molar-refractivity contribution < 1.29 is 9.53 Å². The minimum atomic E-state index is -0.176. The highest BCUT2D eigenvalue weighted by Gasteiger charge is 2.13. The van der Waals surface area contributed by atoms with Crippen LogP contribution in [-0.4, -0.2) is 12.1 Å². The number of rotatable bonds is 7. The van der Waals surface area contributed by atoms with E-state index in [-0.39, 0.29) is 17.7 Å². The number of nitrogens with one attached hydrogen (secondary N) is 1. The Morgan fingerprint density at radius 3 is 2.52 bits per heavy atom. The van der Waals surface area contributed by atoms with E-state index in [4.69, 9.17) is 4.74 Å². The molecule has 0 saturated heterocycles. The largest absolute Gasteiger partial charge is 0.488 e. The molecule has 0 aromatic heterocycles. The lowest BCUT2D eigenvalue weighted by molar-refractivity contribution is -0.120. The van der Waals surface area contributed by atoms with Gasteiger partial charge in [-0.15, -0.1) is 0 Å². The van der Waals surface area contributed by atoms with Crippen molar-refractivity contribution in [2.75, 3.05) is 0 Å². The predicted octanol–water partition coefficient (Wildman–Crippen LogP) is 5.89. The molecule has 0 spiro atoms. The molecule has 3 aromatic carbocycles. The molecule has 0 fully saturated rings. The smallest absolute Gasteiger partial charge is 0.244 e. The van der Waals surface area contributed by atoms with Gasteiger partial charge in [0.15, 0.2) is 0 Å². The quantitative estimate of drug-likeness (QED) is 0.322. The van der Waals surface area contributed by atoms with Crippen LogP contribution in [0.3, 0.4) is 0 Å². The lowest BCUT2D eigenvalue weighted by atomic mass is 9.86. The topological polar surface area (TPSA) is 74.5 Å². The van der Waals surface area contributed by atoms with Gasteiger partial charge in [-0.05, 0) is 62.3 Å². The number of benzene rings is 3. The van der Waals surface area contributed by atoms with Crippen molar-refractivity contribution in [3.05, 3.63) is 99.0 Å². The van der Waals surface area contributed by atoms with Crippen LogP contribution in [0, 0.1) is 11.3 Å². The molecule has 0 saturated carbocycles. The molecule has 0 bridgehead atoms. The van der Waals surface area contributed by atoms with Crippen LogP contribution in [-0.2, 0) is 23.2 Å². The van der Waals surface area contributed by atoms with Gasteiger partial charge in [-0.25, -0.2) is 5.43 Å². The van der Waals surface area contributed by atoms with E-state index in [1.165, 1.54) is 5.56 Å². The molecule has 0 aliphatic rings. The minimum absolute atomic E-state index is 0.0844. The Hall–Kier alpha value is -3.43. The maximum Gasteiger partial charge on any atom is 0.244 e. The average molecular weight is 504 g/mol. The van der Waals surface area contributed by atoms with E-state index < -0.39 is 0 Å². The van der Waals surface area contributed by atoms with Gasteiger partial charge in [-0.2, -0.15) is 10.4 Å². The van der Waals surface area contributed by atoms with E-state index in [0.29, 0.717) is 17.9 Å². The van der Waals surface area contributed by atoms with E-state index in [0.717, 1.165) is 21.2 Å². The number of ether oxygens (including phenoxy) is 1. The number of nitrogens with zero attached hydrogens (tertiary/aromatic N) is 2. The summed E-state index contributed by atoms with van der Waals surface area (Å²) < 4.78 is 6.60. The summed E-state index contributed by atoms with van der Waals surface area (Å²) in [6.07, 6.45) is 1.85. The zero-order chi connectivity index (χ0) is 23.8. The van der Waals surface area contributed by atoms with Gasteiger partial charge in [0.25, 0.3) is 0 Å². The fraction of sp³-hybridized carbons (Fsp3) is 0.222. The third-order valence-electron chi connectivity index (χ3n) is 5.06. The Labute approximate surface area is 203 Å². The number of halogens is 1. The molecule has 33 heavy (non-hydrogen) atoms. The summed E-state index contributed by atoms with van der Waals surface area (Å²) >= 11 is 3.50. The number of amides is 1. The number of carbonyl (C=O) groups is 1. The molecule has 0 atom stereocenters. The second kappa shape index (κ2) is 10.9. The zero-order valence-electron chi connectivity index (χ0n) is 18.9. The molecule has 6 heteroatoms. The molecule has 0 aliphatic heterocycles. The predicted molar refractivity (Wildman–Crippen MR) is 134 cm³/mol. The van der Waals surface area contributed by atoms with Crippen LogP contribution in [0.15, 0.2) is 76.3 Å². The minimum Gasteiger partial charge on any atom is -0.488 e. The van der Waals surface area contributed by atoms with Gasteiger partial charge in [0.05, 0.1) is 28.7 Å². The van der Waals surface area contributed by atoms with Crippen molar-refractivity contribution in [1.82, 2.24) is 5.43 Å². The van der Waals surface area contributed by atoms with Gasteiger partial charge >= 0.3 is 0 Å². The molecule has 0 heterocycles. The molecule has 5 nitrogen and oxygen atoms in total. The third kappa shape index (κ3) is 7.03. The summed E-state index contributed by atoms with van der Waals surface area (Å²) in [7, 11) is 0. The number of hydrogen-bond acceptors (Lipinski definition) is 4. The number of hydrazone groups is 1. The van der Waals surface area contributed by atoms with Crippen LogP contribution in [0.2, 0.25) is 0 Å². The zero-order valence-corrected chi connectivity index (χ0v) is 20.5. The molecule has 0 aliphatic carbocycles. The second-order valence-electron chi connectivity index (χ2n) is 8.66. The molecular formula is C27H26BrN3O2. The van der Waals surface area contributed by atoms with Crippen molar-refractivity contribution >= 4 is 28.1 Å². The van der Waals surface area contributed by atoms with Gasteiger partial charge in [-0.3, -0.25) is 4.79 Å². The van der Waals surface area contributed by atoms with E-state index in [9.17, 15) is 10.1 Å². The standard InChI is InChI=1S/C27H26BrN3O2/c1-27(2,3)23-11-8-19(9-12-23)15-26(32)31-30-17-20-10-13-25(24(28)14-20)33-18-22-7-5-4-6-21(22)16-29/h4-14,17H,15,18H2,1-3H3,(H,31,32)/b30-17-. The summed E-state index contributed by atoms with van der Waals surface area (Å²) in [5.74, 6) is 0.479. The summed E-state index contributed by atoms with van der Waals surface area (Å²) in [6, 6.07) is 23.1. The summed E-state index contributed by atoms with van der Waals surface area (Å²) in [5.41, 5.74) is 7.06. The molecule has 1 amide bonds. The molecule has 0 unspecified atom stereocenters. The van der Waals surface area contributed by atoms with Crippen LogP contribution in [0.25, 0.3) is 0 Å². The van der Waals surface area contributed by atoms with Crippen molar-refractivity contribution in [1.29, 1.82) is 5.26 Å². The van der Waals surface area contributed by atoms with E-state index in [2.05, 4.69) is 65.4 Å². The maximum absolute atomic E-state index is 12.2. The van der Waals surface area contributed by atoms with Gasteiger partial charge in [-0.1, -0.05) is 63.2 Å². The van der Waals surface area contributed by atoms with Gasteiger partial charge < -0.3 is 4.74 Å². The number of hydrogen-bond donors (Lipinski definition) is 1. The first-order valence-electron chi connectivity index (χ1n) is 10.6. The fourth-order valence-corrected chi connectivity index (χ4v) is 3.66. The Kier molecular flexibility index (Phi) is 8.02. The van der Waals surface area contributed by atoms with Gasteiger partial charge in [0.1, 0.15) is 12.4 Å². The number of nitriles is 1. The molecule has 1 N–H and O–H groups in total. The maximum atomic E-state index is 12.2. The van der Waals surface area contributed by atoms with Crippen LogP contribution < -0.4 is 10.2 Å². The first kappa shape index (κ1) is 24.2. The molecule has 3 aromatic rings. The SMILES string of the molecule is CC(C)(C)c1ccc(CC(=O)N/N=C\c2ccc(OCc3ccccc3C#N)c(Br)c2)cc1. The fourth-order valence-electron chi connectivity index (χ4n) is 3.15. The normalized spacial score (nSPS) is 11.2. The highest BCUT2D eigenvalue weighted by molar-refractivity contribution is 9.10. The van der Waals surface area contributed by atoms with Crippen LogP contribution >= 0.6 is 15.9 Å². The summed E-state index contributed by atoms with van der Waals surface area (Å²) in [4.78, 5) is 12.2. The van der Waals surface area contributed by atoms with Crippen molar-refractivity contribution in [2.45, 2.75) is 39.2 Å². The Balaban J connectivity index is 1.53. The monoisotopic (exact) mass is 503 g/mol. The lowest BCUT2D eigenvalue weighted by Gasteiger charge is -2.19. The average Bonchev–Trinajstić information content (AvgIpc) is 2.78. The van der Waals surface area contributed by atoms with Crippen molar-refractivity contribution in [3.63, 3.8) is 0 Å². The van der Waals surface area contributed by atoms with Crippen molar-refractivity contribution in [3.8, 4) is 11.8 Å². The van der Waals surface area contributed by atoms with E-state index in [1.54, 1.807) is 12.3 Å². The van der Waals surface area contributed by atoms with Crippen LogP contribution in [0.5, 0.6) is 5.75 Å². The second-order valence-corrected chi connectivity index (χ2v) is 9.52. The first-order chi connectivity index (χ1) is 15.8. The van der Waals surface area contributed by atoms with E-state index >= 15 is 0 Å². The Bertz CT molecular complexity index is 1190. The Morgan fingerprint density at radius 1 is 1.12 bits per heavy atom. The summed E-state index contributed by atoms with van der Waals surface area (Å²) in [5, 5.41) is 13.3. The lowest BCUT2D eigenvalue weighted by Crippen LogP contribution is -2.20. The number of carbonyl (C=O) groups excluding carboxylic acids is 1. The van der Waals surface area contributed by atoms with E-state index in [1.807, 2.05) is 48.5 Å². The van der Waals surface area contributed by atoms with Gasteiger partial charge in [0, 0.05) is 5.56 Å². The third-order valence-corrected chi connectivity index (χ3v) is 5.68. The molecule has 168 valence electrons. The highest BCUT2D eigenvalue weighted by atomic mass is 79.9. The first-order valence-corrected chi connectivity index (χ1v) is 11.4. The van der Waals surface area contributed by atoms with Crippen LogP contribution in [0.1, 0.15) is 48.6 Å². The highest BCUT2D eigenvalue weighted by Crippen LogP contribution is 2.27. The Morgan fingerprint density at radius 2 is 1.85 bits per heavy atom.